The van der Waals surface area contributed by atoms with Crippen molar-refractivity contribution in [2.75, 3.05) is 4.72 Å². The molecule has 0 fully saturated rings. The van der Waals surface area contributed by atoms with Gasteiger partial charge >= 0.3 is 0 Å². The number of aromatic hydroxyl groups is 1. The highest BCUT2D eigenvalue weighted by Gasteiger charge is 2.24. The van der Waals surface area contributed by atoms with Crippen molar-refractivity contribution >= 4 is 50.5 Å². The molecule has 24 heavy (non-hydrogen) atoms. The molecule has 0 aromatic heterocycles. The van der Waals surface area contributed by atoms with Gasteiger partial charge in [0.1, 0.15) is 4.90 Å². The van der Waals surface area contributed by atoms with Gasteiger partial charge in [-0.25, -0.2) is 8.42 Å². The zero-order chi connectivity index (χ0) is 18.1. The summed E-state index contributed by atoms with van der Waals surface area (Å²) in [5, 5.41) is 10.4. The van der Waals surface area contributed by atoms with Crippen molar-refractivity contribution in [1.82, 2.24) is 0 Å². The molecule has 0 bridgehead atoms. The number of benzene rings is 2. The second-order valence-corrected chi connectivity index (χ2v) is 8.01. The van der Waals surface area contributed by atoms with E-state index < -0.39 is 15.8 Å². The van der Waals surface area contributed by atoms with Crippen LogP contribution in [-0.2, 0) is 22.9 Å². The second kappa shape index (κ2) is 7.40. The van der Waals surface area contributed by atoms with Gasteiger partial charge in [-0.2, -0.15) is 0 Å². The van der Waals surface area contributed by atoms with Gasteiger partial charge in [-0.05, 0) is 42.2 Å². The molecule has 0 heterocycles. The first-order valence-corrected chi connectivity index (χ1v) is 9.84. The van der Waals surface area contributed by atoms with Crippen LogP contribution in [0.4, 0.5) is 5.69 Å². The van der Waals surface area contributed by atoms with E-state index in [0.29, 0.717) is 29.1 Å². The third kappa shape index (κ3) is 3.75. The number of aryl methyl sites for hydroxylation is 1. The number of halogens is 3. The van der Waals surface area contributed by atoms with E-state index >= 15 is 0 Å². The molecule has 0 radical (unpaired) electrons. The Morgan fingerprint density at radius 2 is 1.71 bits per heavy atom. The highest BCUT2D eigenvalue weighted by atomic mass is 35.5. The number of phenolic OH excluding ortho intramolecular Hbond substituents is 1. The van der Waals surface area contributed by atoms with Crippen molar-refractivity contribution in [3.63, 3.8) is 0 Å². The summed E-state index contributed by atoms with van der Waals surface area (Å²) in [6, 6.07) is 5.92. The Bertz CT molecular complexity index is 883. The lowest BCUT2D eigenvalue weighted by Crippen LogP contribution is -2.16. The van der Waals surface area contributed by atoms with Gasteiger partial charge in [-0.3, -0.25) is 4.72 Å². The van der Waals surface area contributed by atoms with Crippen LogP contribution in [0.15, 0.2) is 29.2 Å². The zero-order valence-electron chi connectivity index (χ0n) is 13.0. The van der Waals surface area contributed by atoms with Gasteiger partial charge in [-0.1, -0.05) is 54.7 Å². The predicted molar refractivity (Wildman–Crippen MR) is 99.1 cm³/mol. The summed E-state index contributed by atoms with van der Waals surface area (Å²) >= 11 is 17.9. The number of nitrogens with one attached hydrogen (secondary N) is 1. The van der Waals surface area contributed by atoms with Crippen molar-refractivity contribution < 1.29 is 13.5 Å². The summed E-state index contributed by atoms with van der Waals surface area (Å²) in [5.41, 5.74) is 1.91. The number of anilines is 1. The first-order chi connectivity index (χ1) is 11.2. The van der Waals surface area contributed by atoms with Crippen LogP contribution in [0, 0.1) is 0 Å². The Hall–Kier alpha value is -1.14. The van der Waals surface area contributed by atoms with E-state index in [-0.39, 0.29) is 14.9 Å². The number of sulfonamides is 1. The zero-order valence-corrected chi connectivity index (χ0v) is 16.1. The van der Waals surface area contributed by atoms with E-state index in [4.69, 9.17) is 34.8 Å². The van der Waals surface area contributed by atoms with E-state index in [1.54, 1.807) is 12.1 Å². The maximum atomic E-state index is 12.7. The summed E-state index contributed by atoms with van der Waals surface area (Å²) in [5.74, 6) is -0.549. The van der Waals surface area contributed by atoms with Crippen molar-refractivity contribution in [2.24, 2.45) is 0 Å². The SMILES string of the molecule is CCc1ccc(Cl)c(CC)c1NS(=O)(=O)c1cc(Cl)cc(Cl)c1O. The summed E-state index contributed by atoms with van der Waals surface area (Å²) in [6.45, 7) is 3.79. The standard InChI is InChI=1S/C16H16Cl3NO3S/c1-3-9-5-6-12(18)11(4-2)15(9)20-24(22,23)14-8-10(17)7-13(19)16(14)21/h5-8,20-21H,3-4H2,1-2H3. The van der Waals surface area contributed by atoms with Crippen molar-refractivity contribution in [2.45, 2.75) is 31.6 Å². The molecular weight excluding hydrogens is 393 g/mol. The fourth-order valence-electron chi connectivity index (χ4n) is 2.37. The molecule has 8 heteroatoms. The van der Waals surface area contributed by atoms with E-state index in [1.165, 1.54) is 6.07 Å². The minimum absolute atomic E-state index is 0.107. The van der Waals surface area contributed by atoms with E-state index in [1.807, 2.05) is 13.8 Å². The van der Waals surface area contributed by atoms with Crippen molar-refractivity contribution in [1.29, 1.82) is 0 Å². The highest BCUT2D eigenvalue weighted by molar-refractivity contribution is 7.92. The third-order valence-corrected chi connectivity index (χ3v) is 5.82. The van der Waals surface area contributed by atoms with Gasteiger partial charge in [0.15, 0.2) is 5.75 Å². The molecule has 4 nitrogen and oxygen atoms in total. The van der Waals surface area contributed by atoms with Gasteiger partial charge in [0.05, 0.1) is 10.7 Å². The molecule has 0 spiro atoms. The molecule has 2 rings (SSSR count). The highest BCUT2D eigenvalue weighted by Crippen LogP contribution is 2.37. The summed E-state index contributed by atoms with van der Waals surface area (Å²) in [7, 11) is -4.10. The average Bonchev–Trinajstić information content (AvgIpc) is 2.51. The Balaban J connectivity index is 2.61. The second-order valence-electron chi connectivity index (χ2n) is 5.11. The molecule has 0 amide bonds. The first kappa shape index (κ1) is 19.2. The smallest absolute Gasteiger partial charge is 0.265 e. The molecule has 0 aliphatic rings. The van der Waals surface area contributed by atoms with Crippen LogP contribution in [0.2, 0.25) is 15.1 Å². The topological polar surface area (TPSA) is 66.4 Å². The molecular formula is C16H16Cl3NO3S. The molecule has 0 saturated carbocycles. The fourth-order valence-corrected chi connectivity index (χ4v) is 4.56. The van der Waals surface area contributed by atoms with Crippen LogP contribution in [0.25, 0.3) is 0 Å². The van der Waals surface area contributed by atoms with Gasteiger partial charge in [0, 0.05) is 10.0 Å². The van der Waals surface area contributed by atoms with E-state index in [9.17, 15) is 13.5 Å². The molecule has 130 valence electrons. The third-order valence-electron chi connectivity index (χ3n) is 3.60. The van der Waals surface area contributed by atoms with Crippen LogP contribution < -0.4 is 4.72 Å². The maximum Gasteiger partial charge on any atom is 0.265 e. The lowest BCUT2D eigenvalue weighted by molar-refractivity contribution is 0.459. The number of hydrogen-bond acceptors (Lipinski definition) is 3. The molecule has 0 aliphatic heterocycles. The van der Waals surface area contributed by atoms with Crippen LogP contribution in [0.3, 0.4) is 0 Å². The van der Waals surface area contributed by atoms with Gasteiger partial charge in [0.2, 0.25) is 0 Å². The van der Waals surface area contributed by atoms with Crippen LogP contribution in [0.1, 0.15) is 25.0 Å². The monoisotopic (exact) mass is 407 g/mol. The Kier molecular flexibility index (Phi) is 5.91. The summed E-state index contributed by atoms with van der Waals surface area (Å²) in [4.78, 5) is -0.385. The van der Waals surface area contributed by atoms with Crippen molar-refractivity contribution in [3.05, 3.63) is 50.5 Å². The van der Waals surface area contributed by atoms with Crippen LogP contribution >= 0.6 is 34.8 Å². The molecule has 2 aromatic carbocycles. The Morgan fingerprint density at radius 1 is 1.04 bits per heavy atom. The van der Waals surface area contributed by atoms with E-state index in [2.05, 4.69) is 4.72 Å². The number of phenols is 1. The fraction of sp³-hybridized carbons (Fsp3) is 0.250. The number of rotatable bonds is 5. The quantitative estimate of drug-likeness (QED) is 0.707. The van der Waals surface area contributed by atoms with Gasteiger partial charge in [-0.15, -0.1) is 0 Å². The average molecular weight is 409 g/mol. The Morgan fingerprint density at radius 3 is 2.29 bits per heavy atom. The molecule has 0 atom stereocenters. The maximum absolute atomic E-state index is 12.7. The molecule has 0 aliphatic carbocycles. The minimum Gasteiger partial charge on any atom is -0.505 e. The Labute approximate surface area is 156 Å². The normalized spacial score (nSPS) is 11.5. The molecule has 2 N–H and O–H groups in total. The summed E-state index contributed by atoms with van der Waals surface area (Å²) in [6.07, 6.45) is 1.16. The molecule has 0 unspecified atom stereocenters. The van der Waals surface area contributed by atoms with Gasteiger partial charge < -0.3 is 5.11 Å². The van der Waals surface area contributed by atoms with Gasteiger partial charge in [0.25, 0.3) is 10.0 Å². The largest absolute Gasteiger partial charge is 0.505 e. The molecule has 2 aromatic rings. The minimum atomic E-state index is -4.10. The lowest BCUT2D eigenvalue weighted by Gasteiger charge is -2.17. The summed E-state index contributed by atoms with van der Waals surface area (Å²) < 4.78 is 28.0. The molecule has 0 saturated heterocycles. The number of hydrogen-bond donors (Lipinski definition) is 2. The first-order valence-electron chi connectivity index (χ1n) is 7.22. The van der Waals surface area contributed by atoms with Crippen LogP contribution in [-0.4, -0.2) is 13.5 Å². The predicted octanol–water partition coefficient (Wildman–Crippen LogP) is 5.28. The lowest BCUT2D eigenvalue weighted by atomic mass is 10.0. The van der Waals surface area contributed by atoms with Crippen molar-refractivity contribution in [3.8, 4) is 5.75 Å². The van der Waals surface area contributed by atoms with E-state index in [0.717, 1.165) is 11.6 Å². The van der Waals surface area contributed by atoms with Crippen LogP contribution in [0.5, 0.6) is 5.75 Å².